The maximum atomic E-state index is 12.4. The summed E-state index contributed by atoms with van der Waals surface area (Å²) in [6.45, 7) is 4.44. The minimum atomic E-state index is -0.0211. The van der Waals surface area contributed by atoms with E-state index in [-0.39, 0.29) is 5.41 Å². The van der Waals surface area contributed by atoms with Crippen LogP contribution in [-0.4, -0.2) is 10.2 Å². The van der Waals surface area contributed by atoms with Crippen LogP contribution in [0, 0.1) is 5.41 Å². The van der Waals surface area contributed by atoms with E-state index >= 15 is 0 Å². The molecule has 2 aromatic heterocycles. The summed E-state index contributed by atoms with van der Waals surface area (Å²) in [6.07, 6.45) is 7.41. The van der Waals surface area contributed by atoms with Gasteiger partial charge in [0.05, 0.1) is 0 Å². The molecule has 0 aliphatic heterocycles. The molecule has 4 rings (SSSR count). The predicted octanol–water partition coefficient (Wildman–Crippen LogP) is 3.90. The van der Waals surface area contributed by atoms with Gasteiger partial charge in [-0.15, -0.1) is 0 Å². The van der Waals surface area contributed by atoms with Crippen molar-refractivity contribution >= 4 is 11.3 Å². The van der Waals surface area contributed by atoms with Crippen LogP contribution < -0.4 is 0 Å². The molecule has 0 atom stereocenters. The Morgan fingerprint density at radius 2 is 1.95 bits per heavy atom. The molecule has 0 N–H and O–H groups in total. The Bertz CT molecular complexity index is 701. The van der Waals surface area contributed by atoms with Gasteiger partial charge in [0.15, 0.2) is 0 Å². The maximum absolute atomic E-state index is 12.4. The van der Waals surface area contributed by atoms with Crippen LogP contribution in [0.25, 0.3) is 5.52 Å². The number of carbonyl (C=O) groups is 1. The summed E-state index contributed by atoms with van der Waals surface area (Å²) in [7, 11) is 0. The van der Waals surface area contributed by atoms with Crippen LogP contribution >= 0.6 is 0 Å². The molecular weight excluding hydrogens is 246 g/mol. The van der Waals surface area contributed by atoms with Gasteiger partial charge < -0.3 is 4.40 Å². The molecule has 2 aromatic rings. The van der Waals surface area contributed by atoms with Gasteiger partial charge in [-0.05, 0) is 49.4 Å². The number of rotatable bonds is 4. The predicted molar refractivity (Wildman–Crippen MR) is 80.0 cm³/mol. The third kappa shape index (κ3) is 1.74. The Morgan fingerprint density at radius 1 is 1.20 bits per heavy atom. The summed E-state index contributed by atoms with van der Waals surface area (Å²) >= 11 is 0. The number of hydrogen-bond donors (Lipinski definition) is 0. The van der Waals surface area contributed by atoms with E-state index in [1.807, 2.05) is 0 Å². The summed E-state index contributed by atoms with van der Waals surface area (Å²) < 4.78 is 2.30. The highest BCUT2D eigenvalue weighted by atomic mass is 16.1. The molecule has 2 fully saturated rings. The van der Waals surface area contributed by atoms with E-state index in [0.717, 1.165) is 12.8 Å². The number of pyridine rings is 1. The van der Waals surface area contributed by atoms with Crippen molar-refractivity contribution in [2.75, 3.05) is 0 Å². The SMILES string of the molecule is CC1(C(=O)Cc2cc(C3(C)CC3)n3ccccc23)CC1. The minimum Gasteiger partial charge on any atom is -0.320 e. The van der Waals surface area contributed by atoms with Crippen LogP contribution in [0.1, 0.15) is 50.8 Å². The monoisotopic (exact) mass is 267 g/mol. The molecule has 2 aliphatic rings. The fourth-order valence-corrected chi connectivity index (χ4v) is 3.13. The van der Waals surface area contributed by atoms with Gasteiger partial charge in [-0.25, -0.2) is 0 Å². The van der Waals surface area contributed by atoms with E-state index in [0.29, 0.717) is 17.6 Å². The standard InChI is InChI=1S/C18H21NO/c1-17(6-7-17)15-11-13(12-16(20)18(2)8-9-18)14-5-3-4-10-19(14)15/h3-5,10-11H,6-9,12H2,1-2H3. The first kappa shape index (κ1) is 12.2. The molecule has 0 amide bonds. The third-order valence-corrected chi connectivity index (χ3v) is 5.40. The van der Waals surface area contributed by atoms with E-state index in [1.165, 1.54) is 29.6 Å². The smallest absolute Gasteiger partial charge is 0.143 e. The van der Waals surface area contributed by atoms with E-state index in [4.69, 9.17) is 0 Å². The summed E-state index contributed by atoms with van der Waals surface area (Å²) in [5.74, 6) is 0.418. The van der Waals surface area contributed by atoms with Crippen LogP contribution in [0.3, 0.4) is 0 Å². The largest absolute Gasteiger partial charge is 0.320 e. The van der Waals surface area contributed by atoms with Gasteiger partial charge in [0.25, 0.3) is 0 Å². The first-order valence-electron chi connectivity index (χ1n) is 7.65. The fourth-order valence-electron chi connectivity index (χ4n) is 3.13. The molecule has 104 valence electrons. The van der Waals surface area contributed by atoms with Crippen molar-refractivity contribution in [1.29, 1.82) is 0 Å². The normalized spacial score (nSPS) is 21.9. The van der Waals surface area contributed by atoms with Crippen LogP contribution in [-0.2, 0) is 16.6 Å². The molecule has 0 spiro atoms. The zero-order chi connectivity index (χ0) is 14.0. The molecule has 0 saturated heterocycles. The lowest BCUT2D eigenvalue weighted by atomic mass is 9.97. The minimum absolute atomic E-state index is 0.0211. The summed E-state index contributed by atoms with van der Waals surface area (Å²) in [4.78, 5) is 12.4. The van der Waals surface area contributed by atoms with Crippen molar-refractivity contribution in [3.05, 3.63) is 41.7 Å². The van der Waals surface area contributed by atoms with E-state index in [2.05, 4.69) is 48.7 Å². The lowest BCUT2D eigenvalue weighted by molar-refractivity contribution is -0.122. The first-order valence-corrected chi connectivity index (χ1v) is 7.65. The number of aromatic nitrogens is 1. The molecule has 2 saturated carbocycles. The second-order valence-corrected chi connectivity index (χ2v) is 7.23. The van der Waals surface area contributed by atoms with Gasteiger partial charge in [-0.2, -0.15) is 0 Å². The molecule has 0 aromatic carbocycles. The van der Waals surface area contributed by atoms with E-state index < -0.39 is 0 Å². The van der Waals surface area contributed by atoms with Gasteiger partial charge >= 0.3 is 0 Å². The Morgan fingerprint density at radius 3 is 2.60 bits per heavy atom. The first-order chi connectivity index (χ1) is 9.52. The number of nitrogens with zero attached hydrogens (tertiary/aromatic N) is 1. The van der Waals surface area contributed by atoms with Crippen LogP contribution in [0.15, 0.2) is 30.5 Å². The lowest BCUT2D eigenvalue weighted by Crippen LogP contribution is -2.14. The lowest BCUT2D eigenvalue weighted by Gasteiger charge is -2.08. The zero-order valence-electron chi connectivity index (χ0n) is 12.3. The average Bonchev–Trinajstić information content (AvgIpc) is 3.33. The van der Waals surface area contributed by atoms with Crippen molar-refractivity contribution in [3.63, 3.8) is 0 Å². The maximum Gasteiger partial charge on any atom is 0.143 e. The number of Topliss-reactive ketones (excluding diaryl/α,β-unsaturated/α-hetero) is 1. The van der Waals surface area contributed by atoms with Crippen molar-refractivity contribution in [1.82, 2.24) is 4.40 Å². The molecular formula is C18H21NO. The van der Waals surface area contributed by atoms with Gasteiger partial charge in [0.2, 0.25) is 0 Å². The molecule has 0 bridgehead atoms. The van der Waals surface area contributed by atoms with Crippen molar-refractivity contribution < 1.29 is 4.79 Å². The van der Waals surface area contributed by atoms with Crippen LogP contribution in [0.2, 0.25) is 0 Å². The Balaban J connectivity index is 1.77. The number of hydrogen-bond acceptors (Lipinski definition) is 1. The highest BCUT2D eigenvalue weighted by Crippen LogP contribution is 2.49. The molecule has 2 heteroatoms. The van der Waals surface area contributed by atoms with Crippen LogP contribution in [0.4, 0.5) is 0 Å². The third-order valence-electron chi connectivity index (χ3n) is 5.40. The number of ketones is 1. The number of fused-ring (bicyclic) bond motifs is 1. The summed E-state index contributed by atoms with van der Waals surface area (Å²) in [5.41, 5.74) is 4.12. The molecule has 2 heterocycles. The quantitative estimate of drug-likeness (QED) is 0.823. The highest BCUT2D eigenvalue weighted by Gasteiger charge is 2.45. The van der Waals surface area contributed by atoms with Crippen molar-refractivity contribution in [3.8, 4) is 0 Å². The second kappa shape index (κ2) is 3.75. The average molecular weight is 267 g/mol. The second-order valence-electron chi connectivity index (χ2n) is 7.23. The molecule has 20 heavy (non-hydrogen) atoms. The Labute approximate surface area is 119 Å². The number of carbonyl (C=O) groups excluding carboxylic acids is 1. The van der Waals surface area contributed by atoms with Gasteiger partial charge in [0.1, 0.15) is 5.78 Å². The van der Waals surface area contributed by atoms with E-state index in [1.54, 1.807) is 0 Å². The van der Waals surface area contributed by atoms with E-state index in [9.17, 15) is 4.79 Å². The van der Waals surface area contributed by atoms with Gasteiger partial charge in [-0.3, -0.25) is 4.79 Å². The highest BCUT2D eigenvalue weighted by molar-refractivity contribution is 5.90. The molecule has 2 aliphatic carbocycles. The summed E-state index contributed by atoms with van der Waals surface area (Å²) in [6, 6.07) is 8.58. The van der Waals surface area contributed by atoms with Crippen molar-refractivity contribution in [2.45, 2.75) is 51.4 Å². The van der Waals surface area contributed by atoms with Gasteiger partial charge in [-0.1, -0.05) is 19.9 Å². The van der Waals surface area contributed by atoms with Crippen molar-refractivity contribution in [2.24, 2.45) is 5.41 Å². The Hall–Kier alpha value is -1.57. The molecule has 2 nitrogen and oxygen atoms in total. The topological polar surface area (TPSA) is 21.5 Å². The fraction of sp³-hybridized carbons (Fsp3) is 0.500. The molecule has 0 unspecified atom stereocenters. The Kier molecular flexibility index (Phi) is 2.28. The van der Waals surface area contributed by atoms with Gasteiger partial charge in [0, 0.05) is 34.7 Å². The molecule has 0 radical (unpaired) electrons. The summed E-state index contributed by atoms with van der Waals surface area (Å²) in [5, 5.41) is 0. The zero-order valence-corrected chi connectivity index (χ0v) is 12.3. The van der Waals surface area contributed by atoms with Crippen LogP contribution in [0.5, 0.6) is 0 Å².